The van der Waals surface area contributed by atoms with Crippen molar-refractivity contribution in [1.82, 2.24) is 0 Å². The van der Waals surface area contributed by atoms with Gasteiger partial charge in [0.15, 0.2) is 0 Å². The fraction of sp³-hybridized carbons (Fsp3) is 0. The average molecular weight is 215 g/mol. The molecule has 0 aromatic heterocycles. The van der Waals surface area contributed by atoms with E-state index in [1.165, 1.54) is 12.1 Å². The molecule has 0 aliphatic rings. The second-order valence-electron chi connectivity index (χ2n) is 1.94. The minimum Gasteiger partial charge on any atom is -0.407 e. The Balaban J connectivity index is 3.40. The van der Waals surface area contributed by atoms with E-state index in [1.807, 2.05) is 0 Å². The normalized spacial score (nSPS) is 9.18. The highest BCUT2D eigenvalue weighted by Crippen LogP contribution is 2.29. The molecule has 0 saturated heterocycles. The van der Waals surface area contributed by atoms with Gasteiger partial charge in [-0.05, 0) is 12.1 Å². The van der Waals surface area contributed by atoms with Gasteiger partial charge in [-0.25, -0.2) is 9.24 Å². The second kappa shape index (κ2) is 2.89. The molecule has 0 aliphatic carbocycles. The van der Waals surface area contributed by atoms with Crippen LogP contribution in [0.25, 0.3) is 4.85 Å². The third kappa shape index (κ3) is 1.49. The Labute approximate surface area is 71.8 Å². The molecule has 2 nitrogen and oxygen atoms in total. The number of anilines is 1. The molecule has 0 saturated carbocycles. The molecule has 0 aliphatic heterocycles. The third-order valence-corrected chi connectivity index (χ3v) is 1.63. The van der Waals surface area contributed by atoms with Gasteiger partial charge in [0.05, 0.1) is 6.57 Å². The Hall–Kier alpha value is -1.08. The number of halogens is 2. The van der Waals surface area contributed by atoms with Gasteiger partial charge in [-0.3, -0.25) is 0 Å². The first-order chi connectivity index (χ1) is 5.15. The first kappa shape index (κ1) is 8.02. The van der Waals surface area contributed by atoms with Crippen molar-refractivity contribution < 1.29 is 4.39 Å². The Bertz CT molecular complexity index is 307. The van der Waals surface area contributed by atoms with Gasteiger partial charge in [0.25, 0.3) is 0 Å². The summed E-state index contributed by atoms with van der Waals surface area (Å²) in [6, 6.07) is 2.71. The Morgan fingerprint density at radius 2 is 2.18 bits per heavy atom. The van der Waals surface area contributed by atoms with E-state index in [1.54, 1.807) is 0 Å². The van der Waals surface area contributed by atoms with Gasteiger partial charge < -0.3 is 5.73 Å². The summed E-state index contributed by atoms with van der Waals surface area (Å²) in [6.45, 7) is 6.59. The van der Waals surface area contributed by atoms with Crippen molar-refractivity contribution in [2.75, 3.05) is 5.73 Å². The Kier molecular flexibility index (Phi) is 2.11. The van der Waals surface area contributed by atoms with Crippen molar-refractivity contribution in [2.24, 2.45) is 0 Å². The first-order valence-corrected chi connectivity index (χ1v) is 3.56. The third-order valence-electron chi connectivity index (χ3n) is 1.17. The largest absolute Gasteiger partial charge is 0.407 e. The van der Waals surface area contributed by atoms with E-state index in [0.29, 0.717) is 4.47 Å². The summed E-state index contributed by atoms with van der Waals surface area (Å²) in [7, 11) is 0. The lowest BCUT2D eigenvalue weighted by molar-refractivity contribution is 0.633. The van der Waals surface area contributed by atoms with Crippen LogP contribution in [0.5, 0.6) is 0 Å². The molecule has 0 heterocycles. The van der Waals surface area contributed by atoms with Crippen LogP contribution in [-0.2, 0) is 0 Å². The maximum Gasteiger partial charge on any atom is 0.244 e. The Morgan fingerprint density at radius 3 is 2.64 bits per heavy atom. The van der Waals surface area contributed by atoms with Gasteiger partial charge in [-0.15, -0.1) is 0 Å². The van der Waals surface area contributed by atoms with Crippen LogP contribution < -0.4 is 5.73 Å². The van der Waals surface area contributed by atoms with Gasteiger partial charge in [-0.2, -0.15) is 0 Å². The molecule has 0 unspecified atom stereocenters. The van der Waals surface area contributed by atoms with Crippen molar-refractivity contribution in [3.05, 3.63) is 33.8 Å². The predicted molar refractivity (Wildman–Crippen MR) is 44.8 cm³/mol. The smallest absolute Gasteiger partial charge is 0.244 e. The molecule has 0 radical (unpaired) electrons. The fourth-order valence-electron chi connectivity index (χ4n) is 0.704. The van der Waals surface area contributed by atoms with Gasteiger partial charge in [0.2, 0.25) is 5.69 Å². The van der Waals surface area contributed by atoms with Crippen molar-refractivity contribution in [1.29, 1.82) is 0 Å². The zero-order valence-corrected chi connectivity index (χ0v) is 7.02. The van der Waals surface area contributed by atoms with E-state index in [0.717, 1.165) is 0 Å². The number of nitrogens with zero attached hydrogens (tertiary/aromatic N) is 1. The van der Waals surface area contributed by atoms with Crippen LogP contribution in [0.2, 0.25) is 0 Å². The van der Waals surface area contributed by atoms with E-state index in [9.17, 15) is 4.39 Å². The van der Waals surface area contributed by atoms with Crippen LogP contribution >= 0.6 is 15.9 Å². The van der Waals surface area contributed by atoms with E-state index >= 15 is 0 Å². The highest BCUT2D eigenvalue weighted by Gasteiger charge is 2.06. The SMILES string of the molecule is [C-]#[N+]c1c(N)cc(Br)cc1F. The summed E-state index contributed by atoms with van der Waals surface area (Å²) in [4.78, 5) is 2.94. The van der Waals surface area contributed by atoms with Crippen LogP contribution in [0, 0.1) is 12.4 Å². The number of nitrogens with two attached hydrogens (primary N) is 1. The topological polar surface area (TPSA) is 30.4 Å². The number of benzene rings is 1. The summed E-state index contributed by atoms with van der Waals surface area (Å²) >= 11 is 3.05. The fourth-order valence-corrected chi connectivity index (χ4v) is 1.15. The first-order valence-electron chi connectivity index (χ1n) is 2.77. The molecule has 1 aromatic rings. The maximum atomic E-state index is 12.8. The average Bonchev–Trinajstić information content (AvgIpc) is 1.85. The van der Waals surface area contributed by atoms with Gasteiger partial charge in [0, 0.05) is 10.2 Å². The summed E-state index contributed by atoms with van der Waals surface area (Å²) in [5.74, 6) is -0.591. The zero-order valence-electron chi connectivity index (χ0n) is 5.44. The predicted octanol–water partition coefficient (Wildman–Crippen LogP) is 2.72. The number of hydrogen-bond acceptors (Lipinski definition) is 1. The van der Waals surface area contributed by atoms with Crippen LogP contribution in [0.3, 0.4) is 0 Å². The van der Waals surface area contributed by atoms with Gasteiger partial charge >= 0.3 is 0 Å². The molecule has 56 valence electrons. The van der Waals surface area contributed by atoms with E-state index < -0.39 is 5.82 Å². The number of rotatable bonds is 0. The van der Waals surface area contributed by atoms with E-state index in [-0.39, 0.29) is 11.4 Å². The Morgan fingerprint density at radius 1 is 1.55 bits per heavy atom. The molecule has 0 bridgehead atoms. The molecule has 2 N–H and O–H groups in total. The van der Waals surface area contributed by atoms with Crippen molar-refractivity contribution in [2.45, 2.75) is 0 Å². The van der Waals surface area contributed by atoms with E-state index in [2.05, 4.69) is 20.8 Å². The zero-order chi connectivity index (χ0) is 8.43. The second-order valence-corrected chi connectivity index (χ2v) is 2.85. The van der Waals surface area contributed by atoms with Crippen LogP contribution in [0.4, 0.5) is 15.8 Å². The molecule has 0 atom stereocenters. The maximum absolute atomic E-state index is 12.8. The van der Waals surface area contributed by atoms with Crippen molar-refractivity contribution >= 4 is 27.3 Å². The lowest BCUT2D eigenvalue weighted by Crippen LogP contribution is -1.87. The molecule has 11 heavy (non-hydrogen) atoms. The minimum atomic E-state index is -0.591. The molecule has 1 aromatic carbocycles. The molecular weight excluding hydrogens is 211 g/mol. The summed E-state index contributed by atoms with van der Waals surface area (Å²) in [5.41, 5.74) is 5.39. The van der Waals surface area contributed by atoms with Crippen molar-refractivity contribution in [3.8, 4) is 0 Å². The molecule has 4 heteroatoms. The summed E-state index contributed by atoms with van der Waals surface area (Å²) in [5, 5.41) is 0. The van der Waals surface area contributed by atoms with Crippen molar-refractivity contribution in [3.63, 3.8) is 0 Å². The lowest BCUT2D eigenvalue weighted by atomic mass is 10.3. The van der Waals surface area contributed by atoms with Crippen LogP contribution in [0.1, 0.15) is 0 Å². The lowest BCUT2D eigenvalue weighted by Gasteiger charge is -1.98. The standard InChI is InChI=1S/C7H4BrFN2/c1-11-7-5(9)2-4(8)3-6(7)10/h2-3H,10H2. The molecule has 0 spiro atoms. The van der Waals surface area contributed by atoms with Gasteiger partial charge in [-0.1, -0.05) is 15.9 Å². The molecular formula is C7H4BrFN2. The van der Waals surface area contributed by atoms with Crippen LogP contribution in [0.15, 0.2) is 16.6 Å². The number of hydrogen-bond donors (Lipinski definition) is 1. The molecule has 1 rings (SSSR count). The van der Waals surface area contributed by atoms with Gasteiger partial charge in [0.1, 0.15) is 5.82 Å². The highest BCUT2D eigenvalue weighted by molar-refractivity contribution is 9.10. The van der Waals surface area contributed by atoms with Crippen LogP contribution in [-0.4, -0.2) is 0 Å². The highest BCUT2D eigenvalue weighted by atomic mass is 79.9. The quantitative estimate of drug-likeness (QED) is 0.523. The molecule has 0 fully saturated rings. The van der Waals surface area contributed by atoms with E-state index in [4.69, 9.17) is 12.3 Å². The monoisotopic (exact) mass is 214 g/mol. The molecule has 0 amide bonds. The summed E-state index contributed by atoms with van der Waals surface area (Å²) in [6.07, 6.45) is 0. The number of nitrogen functional groups attached to an aromatic ring is 1. The minimum absolute atomic E-state index is 0.117. The summed E-state index contributed by atoms with van der Waals surface area (Å²) < 4.78 is 13.3.